The highest BCUT2D eigenvalue weighted by atomic mass is 127. The van der Waals surface area contributed by atoms with Crippen molar-refractivity contribution in [2.24, 2.45) is 10.7 Å². The number of guanidine groups is 1. The molecule has 6 heteroatoms. The van der Waals surface area contributed by atoms with E-state index in [9.17, 15) is 0 Å². The number of ether oxygens (including phenoxy) is 2. The molecule has 31 heavy (non-hydrogen) atoms. The van der Waals surface area contributed by atoms with Gasteiger partial charge >= 0.3 is 0 Å². The monoisotopic (exact) mass is 535 g/mol. The first kappa shape index (κ1) is 23.9. The highest BCUT2D eigenvalue weighted by Crippen LogP contribution is 2.40. The van der Waals surface area contributed by atoms with E-state index in [1.165, 1.54) is 35.1 Å². The van der Waals surface area contributed by atoms with Gasteiger partial charge in [0.1, 0.15) is 5.75 Å². The minimum atomic E-state index is -0.127. The SMILES string of the molecule is COc1ccc(C)cc1C1(CN=C(N)Nc2cccc3c2CCCC3)CCOCC1.I. The molecule has 4 rings (SSSR count). The zero-order chi connectivity index (χ0) is 21.0. The number of hydrogen-bond acceptors (Lipinski definition) is 3. The Morgan fingerprint density at radius 3 is 2.71 bits per heavy atom. The molecule has 168 valence electrons. The van der Waals surface area contributed by atoms with Crippen molar-refractivity contribution in [3.8, 4) is 5.75 Å². The van der Waals surface area contributed by atoms with Gasteiger partial charge in [0.25, 0.3) is 0 Å². The number of benzene rings is 2. The van der Waals surface area contributed by atoms with Gasteiger partial charge in [-0.05, 0) is 68.7 Å². The Kier molecular flexibility index (Phi) is 8.22. The Bertz CT molecular complexity index is 923. The van der Waals surface area contributed by atoms with Crippen LogP contribution in [0.25, 0.3) is 0 Å². The van der Waals surface area contributed by atoms with Crippen LogP contribution in [0.5, 0.6) is 5.75 Å². The van der Waals surface area contributed by atoms with Gasteiger partial charge in [0.2, 0.25) is 0 Å². The molecule has 1 saturated heterocycles. The maximum Gasteiger partial charge on any atom is 0.193 e. The summed E-state index contributed by atoms with van der Waals surface area (Å²) >= 11 is 0. The first-order chi connectivity index (χ1) is 14.6. The summed E-state index contributed by atoms with van der Waals surface area (Å²) in [6.45, 7) is 4.19. The molecule has 2 aliphatic rings. The van der Waals surface area contributed by atoms with E-state index in [0.717, 1.165) is 50.3 Å². The van der Waals surface area contributed by atoms with Gasteiger partial charge in [-0.1, -0.05) is 29.8 Å². The van der Waals surface area contributed by atoms with Crippen molar-refractivity contribution in [3.05, 3.63) is 58.7 Å². The van der Waals surface area contributed by atoms with E-state index in [-0.39, 0.29) is 29.4 Å². The zero-order valence-electron chi connectivity index (χ0n) is 18.6. The third-order valence-electron chi connectivity index (χ3n) is 6.59. The second kappa shape index (κ2) is 10.7. The first-order valence-electron chi connectivity index (χ1n) is 11.0. The number of aryl methyl sites for hydroxylation is 2. The van der Waals surface area contributed by atoms with Crippen LogP contribution in [0.1, 0.15) is 47.9 Å². The molecule has 0 radical (unpaired) electrons. The van der Waals surface area contributed by atoms with Crippen LogP contribution in [0, 0.1) is 6.92 Å². The van der Waals surface area contributed by atoms with Gasteiger partial charge in [0.15, 0.2) is 5.96 Å². The molecule has 0 amide bonds. The molecule has 0 spiro atoms. The number of nitrogens with two attached hydrogens (primary N) is 1. The van der Waals surface area contributed by atoms with Crippen LogP contribution in [-0.4, -0.2) is 32.8 Å². The molecular weight excluding hydrogens is 501 g/mol. The van der Waals surface area contributed by atoms with Crippen LogP contribution in [0.3, 0.4) is 0 Å². The lowest BCUT2D eigenvalue weighted by molar-refractivity contribution is 0.0523. The minimum absolute atomic E-state index is 0. The van der Waals surface area contributed by atoms with E-state index < -0.39 is 0 Å². The minimum Gasteiger partial charge on any atom is -0.496 e. The van der Waals surface area contributed by atoms with Crippen LogP contribution < -0.4 is 15.8 Å². The number of nitrogens with zero attached hydrogens (tertiary/aromatic N) is 1. The van der Waals surface area contributed by atoms with E-state index in [0.29, 0.717) is 12.5 Å². The largest absolute Gasteiger partial charge is 0.496 e. The molecule has 0 unspecified atom stereocenters. The summed E-state index contributed by atoms with van der Waals surface area (Å²) in [5.41, 5.74) is 12.6. The fraction of sp³-hybridized carbons (Fsp3) is 0.480. The number of methoxy groups -OCH3 is 1. The number of aliphatic imine (C=N–C) groups is 1. The Balaban J connectivity index is 0.00000272. The van der Waals surface area contributed by atoms with Gasteiger partial charge in [-0.2, -0.15) is 0 Å². The molecular formula is C25H34IN3O2. The van der Waals surface area contributed by atoms with Gasteiger partial charge in [0.05, 0.1) is 13.7 Å². The Morgan fingerprint density at radius 1 is 1.16 bits per heavy atom. The highest BCUT2D eigenvalue weighted by molar-refractivity contribution is 14.0. The Labute approximate surface area is 202 Å². The molecule has 1 fully saturated rings. The summed E-state index contributed by atoms with van der Waals surface area (Å²) in [5, 5.41) is 3.38. The smallest absolute Gasteiger partial charge is 0.193 e. The molecule has 0 aromatic heterocycles. The third kappa shape index (κ3) is 5.34. The normalized spacial score (nSPS) is 17.9. The summed E-state index contributed by atoms with van der Waals surface area (Å²) < 4.78 is 11.4. The Morgan fingerprint density at radius 2 is 1.94 bits per heavy atom. The second-order valence-corrected chi connectivity index (χ2v) is 8.57. The fourth-order valence-electron chi connectivity index (χ4n) is 4.82. The molecule has 1 aliphatic heterocycles. The van der Waals surface area contributed by atoms with Gasteiger partial charge in [0, 0.05) is 29.9 Å². The maximum absolute atomic E-state index is 6.37. The summed E-state index contributed by atoms with van der Waals surface area (Å²) in [6.07, 6.45) is 6.57. The number of anilines is 1. The van der Waals surface area contributed by atoms with Gasteiger partial charge in [-0.25, -0.2) is 0 Å². The van der Waals surface area contributed by atoms with Crippen molar-refractivity contribution in [2.75, 3.05) is 32.2 Å². The van der Waals surface area contributed by atoms with E-state index in [1.54, 1.807) is 7.11 Å². The van der Waals surface area contributed by atoms with Crippen LogP contribution in [0.2, 0.25) is 0 Å². The molecule has 1 aliphatic carbocycles. The molecule has 2 aromatic carbocycles. The van der Waals surface area contributed by atoms with Crippen molar-refractivity contribution in [3.63, 3.8) is 0 Å². The van der Waals surface area contributed by atoms with Crippen LogP contribution in [-0.2, 0) is 23.0 Å². The topological polar surface area (TPSA) is 68.9 Å². The van der Waals surface area contributed by atoms with E-state index >= 15 is 0 Å². The molecule has 0 atom stereocenters. The molecule has 3 N–H and O–H groups in total. The van der Waals surface area contributed by atoms with Crippen molar-refractivity contribution in [2.45, 2.75) is 50.9 Å². The van der Waals surface area contributed by atoms with Crippen molar-refractivity contribution in [1.29, 1.82) is 0 Å². The zero-order valence-corrected chi connectivity index (χ0v) is 20.9. The summed E-state index contributed by atoms with van der Waals surface area (Å²) in [5.74, 6) is 1.40. The van der Waals surface area contributed by atoms with E-state index in [2.05, 4.69) is 48.6 Å². The maximum atomic E-state index is 6.37. The van der Waals surface area contributed by atoms with Crippen molar-refractivity contribution >= 4 is 35.6 Å². The van der Waals surface area contributed by atoms with Crippen molar-refractivity contribution < 1.29 is 9.47 Å². The highest BCUT2D eigenvalue weighted by Gasteiger charge is 2.37. The molecule has 0 saturated carbocycles. The number of hydrogen-bond donors (Lipinski definition) is 2. The van der Waals surface area contributed by atoms with Gasteiger partial charge in [-0.15, -0.1) is 24.0 Å². The molecule has 1 heterocycles. The van der Waals surface area contributed by atoms with E-state index in [4.69, 9.17) is 20.2 Å². The van der Waals surface area contributed by atoms with Crippen LogP contribution in [0.4, 0.5) is 5.69 Å². The van der Waals surface area contributed by atoms with Crippen LogP contribution >= 0.6 is 24.0 Å². The van der Waals surface area contributed by atoms with Gasteiger partial charge < -0.3 is 20.5 Å². The average molecular weight is 535 g/mol. The summed E-state index contributed by atoms with van der Waals surface area (Å²) in [6, 6.07) is 12.8. The summed E-state index contributed by atoms with van der Waals surface area (Å²) in [4.78, 5) is 4.82. The number of fused-ring (bicyclic) bond motifs is 1. The standard InChI is InChI=1S/C25H33N3O2.HI/c1-18-10-11-23(29-2)21(16-18)25(12-14-30-15-13-25)17-27-24(26)28-22-9-5-7-19-6-3-4-8-20(19)22;/h5,7,9-11,16H,3-4,6,8,12-15,17H2,1-2H3,(H3,26,27,28);1H. The molecule has 0 bridgehead atoms. The average Bonchev–Trinajstić information content (AvgIpc) is 2.78. The fourth-order valence-corrected chi connectivity index (χ4v) is 4.82. The lowest BCUT2D eigenvalue weighted by Gasteiger charge is -2.37. The second-order valence-electron chi connectivity index (χ2n) is 8.57. The predicted octanol–water partition coefficient (Wildman–Crippen LogP) is 4.98. The lowest BCUT2D eigenvalue weighted by Crippen LogP contribution is -2.38. The number of rotatable bonds is 5. The number of halogens is 1. The van der Waals surface area contributed by atoms with Gasteiger partial charge in [-0.3, -0.25) is 4.99 Å². The Hall–Kier alpha value is -1.80. The number of nitrogens with one attached hydrogen (secondary N) is 1. The third-order valence-corrected chi connectivity index (χ3v) is 6.59. The molecule has 2 aromatic rings. The first-order valence-corrected chi connectivity index (χ1v) is 11.0. The predicted molar refractivity (Wildman–Crippen MR) is 138 cm³/mol. The van der Waals surface area contributed by atoms with Crippen LogP contribution in [0.15, 0.2) is 41.4 Å². The molecule has 5 nitrogen and oxygen atoms in total. The lowest BCUT2D eigenvalue weighted by atomic mass is 9.73. The summed E-state index contributed by atoms with van der Waals surface area (Å²) in [7, 11) is 1.74. The van der Waals surface area contributed by atoms with Crippen molar-refractivity contribution in [1.82, 2.24) is 0 Å². The quantitative estimate of drug-likeness (QED) is 0.322. The van der Waals surface area contributed by atoms with E-state index in [1.807, 2.05) is 0 Å².